The molecule has 4 nitrogen and oxygen atoms in total. The molecule has 5 aromatic rings. The van der Waals surface area contributed by atoms with Crippen LogP contribution in [0, 0.1) is 20.8 Å². The van der Waals surface area contributed by atoms with Gasteiger partial charge in [0.05, 0.1) is 16.7 Å². The summed E-state index contributed by atoms with van der Waals surface area (Å²) < 4.78 is 2.13. The lowest BCUT2D eigenvalue weighted by Crippen LogP contribution is -2.02. The molecule has 3 aromatic carbocycles. The second kappa shape index (κ2) is 6.27. The fourth-order valence-corrected chi connectivity index (χ4v) is 3.64. The summed E-state index contributed by atoms with van der Waals surface area (Å²) in [4.78, 5) is 14.6. The molecule has 4 heteroatoms. The molecule has 2 aromatic heterocycles. The first-order valence-corrected chi connectivity index (χ1v) is 9.40. The largest absolute Gasteiger partial charge is 0.275 e. The number of rotatable bonds is 2. The lowest BCUT2D eigenvalue weighted by molar-refractivity contribution is 1.06. The van der Waals surface area contributed by atoms with Gasteiger partial charge in [0.1, 0.15) is 5.82 Å². The van der Waals surface area contributed by atoms with Gasteiger partial charge in [-0.25, -0.2) is 15.0 Å². The van der Waals surface area contributed by atoms with Crippen molar-refractivity contribution in [1.82, 2.24) is 19.5 Å². The van der Waals surface area contributed by atoms with Crippen LogP contribution < -0.4 is 0 Å². The molecule has 0 aliphatic rings. The molecule has 136 valence electrons. The van der Waals surface area contributed by atoms with Crippen molar-refractivity contribution in [2.75, 3.05) is 0 Å². The normalized spacial score (nSPS) is 11.4. The van der Waals surface area contributed by atoms with E-state index in [-0.39, 0.29) is 0 Å². The van der Waals surface area contributed by atoms with E-state index in [2.05, 4.69) is 67.8 Å². The Bertz CT molecular complexity index is 1330. The summed E-state index contributed by atoms with van der Waals surface area (Å²) in [5.74, 6) is 0.859. The van der Waals surface area contributed by atoms with E-state index in [4.69, 9.17) is 15.0 Å². The molecular weight excluding hydrogens is 344 g/mol. The number of hydrogen-bond donors (Lipinski definition) is 0. The third-order valence-corrected chi connectivity index (χ3v) is 5.07. The van der Waals surface area contributed by atoms with Crippen LogP contribution in [-0.2, 0) is 0 Å². The van der Waals surface area contributed by atoms with Crippen LogP contribution in [0.2, 0.25) is 0 Å². The average Bonchev–Trinajstić information content (AvgIpc) is 3.05. The Morgan fingerprint density at radius 1 is 0.679 bits per heavy atom. The van der Waals surface area contributed by atoms with Crippen LogP contribution in [0.4, 0.5) is 0 Å². The van der Waals surface area contributed by atoms with Crippen molar-refractivity contribution in [3.8, 4) is 17.1 Å². The van der Waals surface area contributed by atoms with Crippen molar-refractivity contribution in [3.05, 3.63) is 83.4 Å². The number of para-hydroxylation sites is 2. The number of aromatic nitrogens is 4. The molecule has 5 rings (SSSR count). The molecule has 0 saturated heterocycles. The summed E-state index contributed by atoms with van der Waals surface area (Å²) in [6.07, 6.45) is 0. The predicted octanol–water partition coefficient (Wildman–Crippen LogP) is 5.56. The Kier molecular flexibility index (Phi) is 3.72. The summed E-state index contributed by atoms with van der Waals surface area (Å²) in [6, 6.07) is 22.8. The average molecular weight is 364 g/mol. The number of nitrogens with zero attached hydrogens (tertiary/aromatic N) is 4. The number of benzene rings is 3. The van der Waals surface area contributed by atoms with Gasteiger partial charge in [-0.3, -0.25) is 4.57 Å². The molecule has 0 N–H and O–H groups in total. The minimum absolute atomic E-state index is 0.661. The highest BCUT2D eigenvalue weighted by Crippen LogP contribution is 2.30. The molecule has 28 heavy (non-hydrogen) atoms. The standard InChI is InChI=1S/C24H20N4/c1-15-8-11-18(12-9-15)23-27-22-24(26-20-7-5-4-6-19(20)25-22)28(23)21-13-10-16(2)14-17(21)3/h4-14H,1-3H3. The zero-order chi connectivity index (χ0) is 19.3. The monoisotopic (exact) mass is 364 g/mol. The smallest absolute Gasteiger partial charge is 0.199 e. The molecule has 0 aliphatic heterocycles. The van der Waals surface area contributed by atoms with Gasteiger partial charge in [-0.2, -0.15) is 0 Å². The third kappa shape index (κ3) is 2.65. The zero-order valence-electron chi connectivity index (χ0n) is 16.1. The maximum Gasteiger partial charge on any atom is 0.199 e. The molecule has 0 fully saturated rings. The van der Waals surface area contributed by atoms with Gasteiger partial charge in [-0.05, 0) is 44.5 Å². The van der Waals surface area contributed by atoms with Crippen molar-refractivity contribution in [1.29, 1.82) is 0 Å². The molecule has 0 spiro atoms. The SMILES string of the molecule is Cc1ccc(-c2nc3nc4ccccc4nc3n2-c2ccc(C)cc2C)cc1. The molecular formula is C24H20N4. The number of fused-ring (bicyclic) bond motifs is 2. The third-order valence-electron chi connectivity index (χ3n) is 5.07. The van der Waals surface area contributed by atoms with E-state index in [1.54, 1.807) is 0 Å². The van der Waals surface area contributed by atoms with Gasteiger partial charge < -0.3 is 0 Å². The first-order valence-electron chi connectivity index (χ1n) is 9.40. The fourth-order valence-electron chi connectivity index (χ4n) is 3.64. The molecule has 0 bridgehead atoms. The molecule has 0 unspecified atom stereocenters. The fraction of sp³-hybridized carbons (Fsp3) is 0.125. The molecule has 0 atom stereocenters. The van der Waals surface area contributed by atoms with Crippen molar-refractivity contribution in [3.63, 3.8) is 0 Å². The van der Waals surface area contributed by atoms with E-state index in [0.717, 1.165) is 33.8 Å². The maximum atomic E-state index is 4.92. The van der Waals surface area contributed by atoms with E-state index in [0.29, 0.717) is 5.65 Å². The maximum absolute atomic E-state index is 4.92. The summed E-state index contributed by atoms with van der Waals surface area (Å²) in [6.45, 7) is 6.32. The van der Waals surface area contributed by atoms with Crippen LogP contribution in [0.15, 0.2) is 66.7 Å². The van der Waals surface area contributed by atoms with Gasteiger partial charge >= 0.3 is 0 Å². The van der Waals surface area contributed by atoms with Gasteiger partial charge in [0.2, 0.25) is 0 Å². The van der Waals surface area contributed by atoms with Crippen LogP contribution in [0.5, 0.6) is 0 Å². The van der Waals surface area contributed by atoms with E-state index in [9.17, 15) is 0 Å². The highest BCUT2D eigenvalue weighted by Gasteiger charge is 2.18. The van der Waals surface area contributed by atoms with Crippen LogP contribution >= 0.6 is 0 Å². The van der Waals surface area contributed by atoms with Crippen LogP contribution in [0.25, 0.3) is 39.4 Å². The zero-order valence-corrected chi connectivity index (χ0v) is 16.1. The summed E-state index contributed by atoms with van der Waals surface area (Å²) in [7, 11) is 0. The lowest BCUT2D eigenvalue weighted by Gasteiger charge is -2.12. The Hall–Kier alpha value is -3.53. The Morgan fingerprint density at radius 3 is 2.07 bits per heavy atom. The number of aryl methyl sites for hydroxylation is 3. The predicted molar refractivity (Wildman–Crippen MR) is 114 cm³/mol. The first-order chi connectivity index (χ1) is 13.6. The molecule has 0 radical (unpaired) electrons. The van der Waals surface area contributed by atoms with Crippen LogP contribution in [0.1, 0.15) is 16.7 Å². The van der Waals surface area contributed by atoms with Crippen molar-refractivity contribution >= 4 is 22.3 Å². The molecule has 2 heterocycles. The topological polar surface area (TPSA) is 43.6 Å². The van der Waals surface area contributed by atoms with Crippen LogP contribution in [0.3, 0.4) is 0 Å². The number of hydrogen-bond acceptors (Lipinski definition) is 3. The first kappa shape index (κ1) is 16.6. The summed E-state index contributed by atoms with van der Waals surface area (Å²) in [5.41, 5.74) is 8.94. The van der Waals surface area contributed by atoms with E-state index in [1.807, 2.05) is 24.3 Å². The second-order valence-electron chi connectivity index (χ2n) is 7.29. The van der Waals surface area contributed by atoms with Gasteiger partial charge in [0.15, 0.2) is 11.3 Å². The van der Waals surface area contributed by atoms with E-state index in [1.165, 1.54) is 16.7 Å². The van der Waals surface area contributed by atoms with Gasteiger partial charge in [-0.15, -0.1) is 0 Å². The second-order valence-corrected chi connectivity index (χ2v) is 7.29. The van der Waals surface area contributed by atoms with Crippen molar-refractivity contribution < 1.29 is 0 Å². The highest BCUT2D eigenvalue weighted by atomic mass is 15.2. The minimum Gasteiger partial charge on any atom is -0.275 e. The van der Waals surface area contributed by atoms with E-state index < -0.39 is 0 Å². The minimum atomic E-state index is 0.661. The summed E-state index contributed by atoms with van der Waals surface area (Å²) in [5, 5.41) is 0. The number of imidazole rings is 1. The molecule has 0 saturated carbocycles. The van der Waals surface area contributed by atoms with Crippen molar-refractivity contribution in [2.45, 2.75) is 20.8 Å². The Labute approximate surface area is 163 Å². The lowest BCUT2D eigenvalue weighted by atomic mass is 10.1. The van der Waals surface area contributed by atoms with Crippen LogP contribution in [-0.4, -0.2) is 19.5 Å². The Morgan fingerprint density at radius 2 is 1.36 bits per heavy atom. The van der Waals surface area contributed by atoms with Gasteiger partial charge in [-0.1, -0.05) is 59.7 Å². The van der Waals surface area contributed by atoms with Gasteiger partial charge in [0, 0.05) is 5.56 Å². The quantitative estimate of drug-likeness (QED) is 0.412. The van der Waals surface area contributed by atoms with Gasteiger partial charge in [0.25, 0.3) is 0 Å². The van der Waals surface area contributed by atoms with Crippen molar-refractivity contribution in [2.24, 2.45) is 0 Å². The molecule has 0 aliphatic carbocycles. The summed E-state index contributed by atoms with van der Waals surface area (Å²) >= 11 is 0. The van der Waals surface area contributed by atoms with E-state index >= 15 is 0 Å². The molecule has 0 amide bonds. The Balaban J connectivity index is 1.89. The highest BCUT2D eigenvalue weighted by molar-refractivity contribution is 5.86.